The third-order valence-electron chi connectivity index (χ3n) is 1.75. The lowest BCUT2D eigenvalue weighted by molar-refractivity contribution is -0.114. The fourth-order valence-electron chi connectivity index (χ4n) is 1.08. The maximum absolute atomic E-state index is 10.9. The summed E-state index contributed by atoms with van der Waals surface area (Å²) in [4.78, 5) is 10.9. The molecule has 0 bridgehead atoms. The topological polar surface area (TPSA) is 17.1 Å². The van der Waals surface area contributed by atoms with Crippen molar-refractivity contribution in [2.24, 2.45) is 0 Å². The van der Waals surface area contributed by atoms with Gasteiger partial charge in [0.15, 0.2) is 5.78 Å². The van der Waals surface area contributed by atoms with Gasteiger partial charge in [0, 0.05) is 16.9 Å². The van der Waals surface area contributed by atoms with E-state index >= 15 is 0 Å². The Labute approximate surface area is 78.6 Å². The third kappa shape index (κ3) is 3.44. The van der Waals surface area contributed by atoms with E-state index in [9.17, 15) is 4.79 Å². The molecule has 68 valence electrons. The van der Waals surface area contributed by atoms with Crippen molar-refractivity contribution < 1.29 is 4.79 Å². The highest BCUT2D eigenvalue weighted by Crippen LogP contribution is 2.28. The van der Waals surface area contributed by atoms with Crippen molar-refractivity contribution in [3.63, 3.8) is 0 Å². The van der Waals surface area contributed by atoms with Crippen molar-refractivity contribution in [3.8, 4) is 0 Å². The van der Waals surface area contributed by atoms with E-state index in [-0.39, 0.29) is 0 Å². The van der Waals surface area contributed by atoms with Crippen molar-refractivity contribution in [2.75, 3.05) is 5.75 Å². The average Bonchev–Trinajstić information content (AvgIpc) is 2.30. The number of carbonyl (C=O) groups excluding carboxylic acids is 1. The van der Waals surface area contributed by atoms with Crippen LogP contribution in [0, 0.1) is 0 Å². The van der Waals surface area contributed by atoms with Gasteiger partial charge in [-0.05, 0) is 12.5 Å². The molecule has 0 atom stereocenters. The molecule has 1 aliphatic carbocycles. The van der Waals surface area contributed by atoms with Gasteiger partial charge < -0.3 is 0 Å². The molecule has 0 aliphatic heterocycles. The standard InChI is InChI=1S/C10H16OS/c1-10(2,3)12-7-8-4-5-9(11)6-8/h6H,4-5,7H2,1-3H3. The highest BCUT2D eigenvalue weighted by atomic mass is 32.2. The Hall–Kier alpha value is -0.240. The van der Waals surface area contributed by atoms with Crippen molar-refractivity contribution in [1.29, 1.82) is 0 Å². The smallest absolute Gasteiger partial charge is 0.155 e. The number of rotatable bonds is 2. The van der Waals surface area contributed by atoms with Crippen LogP contribution in [0.5, 0.6) is 0 Å². The molecule has 2 heteroatoms. The van der Waals surface area contributed by atoms with E-state index in [0.29, 0.717) is 10.5 Å². The largest absolute Gasteiger partial charge is 0.295 e. The predicted octanol–water partition coefficient (Wildman–Crippen LogP) is 2.81. The van der Waals surface area contributed by atoms with Crippen molar-refractivity contribution >= 4 is 17.5 Å². The van der Waals surface area contributed by atoms with Gasteiger partial charge >= 0.3 is 0 Å². The summed E-state index contributed by atoms with van der Waals surface area (Å²) in [6.45, 7) is 6.61. The van der Waals surface area contributed by atoms with E-state index in [1.807, 2.05) is 17.8 Å². The van der Waals surface area contributed by atoms with Crippen LogP contribution in [-0.2, 0) is 4.79 Å². The number of hydrogen-bond acceptors (Lipinski definition) is 2. The Kier molecular flexibility index (Phi) is 2.99. The van der Waals surface area contributed by atoms with Gasteiger partial charge in [0.25, 0.3) is 0 Å². The van der Waals surface area contributed by atoms with Crippen LogP contribution < -0.4 is 0 Å². The van der Waals surface area contributed by atoms with Gasteiger partial charge in [-0.2, -0.15) is 11.8 Å². The zero-order valence-electron chi connectivity index (χ0n) is 8.02. The fourth-order valence-corrected chi connectivity index (χ4v) is 1.92. The molecule has 0 aromatic carbocycles. The number of carbonyl (C=O) groups is 1. The number of allylic oxidation sites excluding steroid dienone is 1. The lowest BCUT2D eigenvalue weighted by Crippen LogP contribution is -2.08. The SMILES string of the molecule is CC(C)(C)SCC1=CC(=O)CC1. The fraction of sp³-hybridized carbons (Fsp3) is 0.700. The molecule has 0 fully saturated rings. The minimum absolute atomic E-state index is 0.305. The molecule has 1 rings (SSSR count). The Balaban J connectivity index is 2.34. The lowest BCUT2D eigenvalue weighted by atomic mass is 10.2. The maximum Gasteiger partial charge on any atom is 0.155 e. The van der Waals surface area contributed by atoms with Crippen LogP contribution in [0.3, 0.4) is 0 Å². The van der Waals surface area contributed by atoms with Gasteiger partial charge in [-0.25, -0.2) is 0 Å². The second-order valence-electron chi connectivity index (χ2n) is 4.17. The van der Waals surface area contributed by atoms with Crippen molar-refractivity contribution in [1.82, 2.24) is 0 Å². The van der Waals surface area contributed by atoms with Crippen LogP contribution in [0.4, 0.5) is 0 Å². The van der Waals surface area contributed by atoms with Crippen LogP contribution >= 0.6 is 11.8 Å². The first-order valence-corrected chi connectivity index (χ1v) is 5.32. The first-order valence-electron chi connectivity index (χ1n) is 4.33. The molecule has 0 amide bonds. The summed E-state index contributed by atoms with van der Waals surface area (Å²) in [6.07, 6.45) is 3.54. The van der Waals surface area contributed by atoms with Crippen molar-refractivity contribution in [3.05, 3.63) is 11.6 Å². The molecule has 0 saturated carbocycles. The first kappa shape index (κ1) is 9.85. The quantitative estimate of drug-likeness (QED) is 0.656. The summed E-state index contributed by atoms with van der Waals surface area (Å²) in [5.74, 6) is 1.33. The number of ketones is 1. The van der Waals surface area contributed by atoms with Crippen molar-refractivity contribution in [2.45, 2.75) is 38.4 Å². The van der Waals surface area contributed by atoms with Gasteiger partial charge in [-0.15, -0.1) is 0 Å². The Morgan fingerprint density at radius 3 is 2.50 bits per heavy atom. The number of thioether (sulfide) groups is 1. The summed E-state index contributed by atoms with van der Waals surface area (Å²) in [5.41, 5.74) is 1.32. The summed E-state index contributed by atoms with van der Waals surface area (Å²) >= 11 is 1.91. The minimum atomic E-state index is 0.305. The molecule has 0 spiro atoms. The molecular formula is C10H16OS. The molecule has 0 N–H and O–H groups in total. The van der Waals surface area contributed by atoms with Gasteiger partial charge in [0.1, 0.15) is 0 Å². The summed E-state index contributed by atoms with van der Waals surface area (Å²) in [6, 6.07) is 0. The molecule has 0 aromatic rings. The normalized spacial score (nSPS) is 18.2. The van der Waals surface area contributed by atoms with Gasteiger partial charge in [0.2, 0.25) is 0 Å². The van der Waals surface area contributed by atoms with E-state index in [1.165, 1.54) is 5.57 Å². The molecule has 1 aliphatic rings. The van der Waals surface area contributed by atoms with E-state index in [4.69, 9.17) is 0 Å². The predicted molar refractivity (Wildman–Crippen MR) is 54.5 cm³/mol. The highest BCUT2D eigenvalue weighted by molar-refractivity contribution is 8.00. The van der Waals surface area contributed by atoms with Gasteiger partial charge in [0.05, 0.1) is 0 Å². The monoisotopic (exact) mass is 184 g/mol. The Morgan fingerprint density at radius 2 is 2.08 bits per heavy atom. The van der Waals surface area contributed by atoms with Gasteiger partial charge in [-0.3, -0.25) is 4.79 Å². The van der Waals surface area contributed by atoms with Crippen LogP contribution in [0.25, 0.3) is 0 Å². The molecule has 0 radical (unpaired) electrons. The Bertz CT molecular complexity index is 210. The molecule has 0 saturated heterocycles. The molecular weight excluding hydrogens is 168 g/mol. The molecule has 0 heterocycles. The molecule has 1 nitrogen and oxygen atoms in total. The van der Waals surface area contributed by atoms with E-state index in [1.54, 1.807) is 0 Å². The lowest BCUT2D eigenvalue weighted by Gasteiger charge is -2.17. The summed E-state index contributed by atoms with van der Waals surface area (Å²) < 4.78 is 0.312. The second-order valence-corrected chi connectivity index (χ2v) is 5.97. The van der Waals surface area contributed by atoms with E-state index < -0.39 is 0 Å². The molecule has 0 aromatic heterocycles. The van der Waals surface area contributed by atoms with Gasteiger partial charge in [-0.1, -0.05) is 26.3 Å². The average molecular weight is 184 g/mol. The maximum atomic E-state index is 10.9. The zero-order valence-corrected chi connectivity index (χ0v) is 8.83. The highest BCUT2D eigenvalue weighted by Gasteiger charge is 2.15. The summed E-state index contributed by atoms with van der Waals surface area (Å²) in [5, 5.41) is 0. The zero-order chi connectivity index (χ0) is 9.19. The molecule has 12 heavy (non-hydrogen) atoms. The van der Waals surface area contributed by atoms with Crippen LogP contribution in [0.1, 0.15) is 33.6 Å². The number of hydrogen-bond donors (Lipinski definition) is 0. The summed E-state index contributed by atoms with van der Waals surface area (Å²) in [7, 11) is 0. The Morgan fingerprint density at radius 1 is 1.42 bits per heavy atom. The third-order valence-corrected chi connectivity index (χ3v) is 3.13. The molecule has 0 unspecified atom stereocenters. The minimum Gasteiger partial charge on any atom is -0.295 e. The van der Waals surface area contributed by atoms with E-state index in [2.05, 4.69) is 20.8 Å². The van der Waals surface area contributed by atoms with Crippen LogP contribution in [0.15, 0.2) is 11.6 Å². The second kappa shape index (κ2) is 3.65. The van der Waals surface area contributed by atoms with Crippen LogP contribution in [0.2, 0.25) is 0 Å². The van der Waals surface area contributed by atoms with Crippen LogP contribution in [-0.4, -0.2) is 16.3 Å². The van der Waals surface area contributed by atoms with E-state index in [0.717, 1.165) is 18.6 Å². The first-order chi connectivity index (χ1) is 5.47.